The number of aryl methyl sites for hydroxylation is 1. The van der Waals surface area contributed by atoms with Crippen LogP contribution in [0.4, 0.5) is 0 Å². The molecule has 6 nitrogen and oxygen atoms in total. The Kier molecular flexibility index (Phi) is 4.29. The van der Waals surface area contributed by atoms with Crippen LogP contribution in [0.2, 0.25) is 0 Å². The molecule has 0 aliphatic carbocycles. The maximum Gasteiger partial charge on any atom is 0.234 e. The lowest BCUT2D eigenvalue weighted by Crippen LogP contribution is -2.38. The first kappa shape index (κ1) is 14.8. The van der Waals surface area contributed by atoms with Crippen LogP contribution in [0.5, 0.6) is 0 Å². The Hall–Kier alpha value is -2.08. The second-order valence-corrected chi connectivity index (χ2v) is 5.80. The minimum absolute atomic E-state index is 0.00369. The Balaban J connectivity index is 1.58. The van der Waals surface area contributed by atoms with Gasteiger partial charge in [-0.1, -0.05) is 5.16 Å². The van der Waals surface area contributed by atoms with Gasteiger partial charge in [0.1, 0.15) is 17.2 Å². The Labute approximate surface area is 129 Å². The van der Waals surface area contributed by atoms with Crippen molar-refractivity contribution in [3.8, 4) is 0 Å². The average Bonchev–Trinajstić information content (AvgIpc) is 3.18. The highest BCUT2D eigenvalue weighted by atomic mass is 16.5. The van der Waals surface area contributed by atoms with E-state index in [2.05, 4.69) is 15.4 Å². The third-order valence-corrected chi connectivity index (χ3v) is 4.05. The van der Waals surface area contributed by atoms with Crippen LogP contribution in [0.15, 0.2) is 33.4 Å². The molecule has 1 saturated heterocycles. The number of rotatable bonds is 5. The van der Waals surface area contributed by atoms with E-state index in [1.165, 1.54) is 0 Å². The van der Waals surface area contributed by atoms with Crippen LogP contribution >= 0.6 is 0 Å². The van der Waals surface area contributed by atoms with Gasteiger partial charge in [-0.05, 0) is 45.4 Å². The minimum atomic E-state index is -0.127. The van der Waals surface area contributed by atoms with Gasteiger partial charge < -0.3 is 14.3 Å². The summed E-state index contributed by atoms with van der Waals surface area (Å²) in [5.74, 6) is 1.56. The van der Waals surface area contributed by atoms with E-state index in [0.717, 1.165) is 36.6 Å². The standard InChI is InChI=1S/C16H21N3O3/c1-11-9-13(18-22-11)14-5-3-7-19(14)10-16(20)17-12(2)15-6-4-8-21-15/h4,6,8-9,12,14H,3,5,7,10H2,1-2H3,(H,17,20)/t12-,14+/m1/s1. The fourth-order valence-corrected chi connectivity index (χ4v) is 2.97. The highest BCUT2D eigenvalue weighted by Gasteiger charge is 2.30. The molecule has 2 atom stereocenters. The zero-order valence-electron chi connectivity index (χ0n) is 12.9. The van der Waals surface area contributed by atoms with Gasteiger partial charge in [-0.3, -0.25) is 9.69 Å². The lowest BCUT2D eigenvalue weighted by molar-refractivity contribution is -0.123. The van der Waals surface area contributed by atoms with Crippen molar-refractivity contribution in [2.24, 2.45) is 0 Å². The lowest BCUT2D eigenvalue weighted by Gasteiger charge is -2.22. The summed E-state index contributed by atoms with van der Waals surface area (Å²) in [6, 6.07) is 5.68. The summed E-state index contributed by atoms with van der Waals surface area (Å²) in [5.41, 5.74) is 0.918. The van der Waals surface area contributed by atoms with E-state index in [9.17, 15) is 4.79 Å². The molecule has 2 aromatic heterocycles. The van der Waals surface area contributed by atoms with Gasteiger partial charge in [-0.2, -0.15) is 0 Å². The van der Waals surface area contributed by atoms with Gasteiger partial charge in [0.15, 0.2) is 0 Å². The second-order valence-electron chi connectivity index (χ2n) is 5.80. The van der Waals surface area contributed by atoms with E-state index in [4.69, 9.17) is 8.94 Å². The van der Waals surface area contributed by atoms with Crippen molar-refractivity contribution >= 4 is 5.91 Å². The fourth-order valence-electron chi connectivity index (χ4n) is 2.97. The summed E-state index contributed by atoms with van der Waals surface area (Å²) in [6.45, 7) is 5.06. The van der Waals surface area contributed by atoms with E-state index in [1.807, 2.05) is 32.0 Å². The first-order chi connectivity index (χ1) is 10.6. The molecule has 3 rings (SSSR count). The van der Waals surface area contributed by atoms with Crippen LogP contribution in [-0.4, -0.2) is 29.1 Å². The molecule has 1 aliphatic rings. The Morgan fingerprint density at radius 3 is 3.14 bits per heavy atom. The van der Waals surface area contributed by atoms with Gasteiger partial charge in [0.05, 0.1) is 24.9 Å². The van der Waals surface area contributed by atoms with Gasteiger partial charge in [0.2, 0.25) is 5.91 Å². The summed E-state index contributed by atoms with van der Waals surface area (Å²) in [5, 5.41) is 7.06. The summed E-state index contributed by atoms with van der Waals surface area (Å²) in [4.78, 5) is 14.4. The van der Waals surface area contributed by atoms with E-state index in [0.29, 0.717) is 6.54 Å². The lowest BCUT2D eigenvalue weighted by atomic mass is 10.1. The third kappa shape index (κ3) is 3.22. The van der Waals surface area contributed by atoms with Gasteiger partial charge >= 0.3 is 0 Å². The van der Waals surface area contributed by atoms with Crippen molar-refractivity contribution < 1.29 is 13.7 Å². The molecule has 0 spiro atoms. The predicted molar refractivity (Wildman–Crippen MR) is 80.1 cm³/mol. The molecular formula is C16H21N3O3. The molecule has 6 heteroatoms. The maximum absolute atomic E-state index is 12.2. The van der Waals surface area contributed by atoms with Crippen LogP contribution in [0.1, 0.15) is 49.1 Å². The minimum Gasteiger partial charge on any atom is -0.467 e. The summed E-state index contributed by atoms with van der Waals surface area (Å²) >= 11 is 0. The summed E-state index contributed by atoms with van der Waals surface area (Å²) in [7, 11) is 0. The second kappa shape index (κ2) is 6.36. The molecule has 118 valence electrons. The van der Waals surface area contributed by atoms with Gasteiger partial charge in [0, 0.05) is 6.07 Å². The molecule has 1 N–H and O–H groups in total. The molecule has 0 unspecified atom stereocenters. The van der Waals surface area contributed by atoms with Crippen molar-refractivity contribution in [2.75, 3.05) is 13.1 Å². The van der Waals surface area contributed by atoms with Crippen LogP contribution in [0.25, 0.3) is 0 Å². The molecule has 3 heterocycles. The highest BCUT2D eigenvalue weighted by Crippen LogP contribution is 2.31. The molecule has 0 bridgehead atoms. The van der Waals surface area contributed by atoms with E-state index < -0.39 is 0 Å². The van der Waals surface area contributed by atoms with Gasteiger partial charge in [-0.25, -0.2) is 0 Å². The van der Waals surface area contributed by atoms with Crippen LogP contribution in [0, 0.1) is 6.92 Å². The molecule has 0 radical (unpaired) electrons. The largest absolute Gasteiger partial charge is 0.467 e. The number of hydrogen-bond acceptors (Lipinski definition) is 5. The van der Waals surface area contributed by atoms with E-state index >= 15 is 0 Å². The normalized spacial score (nSPS) is 20.2. The Morgan fingerprint density at radius 2 is 2.45 bits per heavy atom. The van der Waals surface area contributed by atoms with Crippen molar-refractivity contribution in [3.05, 3.63) is 41.7 Å². The quantitative estimate of drug-likeness (QED) is 0.919. The fraction of sp³-hybridized carbons (Fsp3) is 0.500. The third-order valence-electron chi connectivity index (χ3n) is 4.05. The number of carbonyl (C=O) groups excluding carboxylic acids is 1. The predicted octanol–water partition coefficient (Wildman–Crippen LogP) is 2.59. The first-order valence-corrected chi connectivity index (χ1v) is 7.63. The molecule has 0 saturated carbocycles. The summed E-state index contributed by atoms with van der Waals surface area (Å²) in [6.07, 6.45) is 3.69. The smallest absolute Gasteiger partial charge is 0.234 e. The number of aromatic nitrogens is 1. The first-order valence-electron chi connectivity index (χ1n) is 7.63. The van der Waals surface area contributed by atoms with Gasteiger partial charge in [0.25, 0.3) is 0 Å². The molecule has 1 fully saturated rings. The molecular weight excluding hydrogens is 282 g/mol. The van der Waals surface area contributed by atoms with Gasteiger partial charge in [-0.15, -0.1) is 0 Å². The number of nitrogens with one attached hydrogen (secondary N) is 1. The molecule has 2 aromatic rings. The summed E-state index contributed by atoms with van der Waals surface area (Å²) < 4.78 is 10.5. The number of likely N-dealkylation sites (tertiary alicyclic amines) is 1. The van der Waals surface area contributed by atoms with Crippen molar-refractivity contribution in [2.45, 2.75) is 38.8 Å². The zero-order chi connectivity index (χ0) is 15.5. The van der Waals surface area contributed by atoms with Crippen LogP contribution in [0.3, 0.4) is 0 Å². The SMILES string of the molecule is Cc1cc([C@@H]2CCCN2CC(=O)N[C@H](C)c2ccco2)no1. The van der Waals surface area contributed by atoms with Crippen LogP contribution < -0.4 is 5.32 Å². The number of amides is 1. The molecule has 1 aliphatic heterocycles. The molecule has 0 aromatic carbocycles. The van der Waals surface area contributed by atoms with E-state index in [-0.39, 0.29) is 18.0 Å². The maximum atomic E-state index is 12.2. The number of furan rings is 1. The topological polar surface area (TPSA) is 71.5 Å². The molecule has 1 amide bonds. The monoisotopic (exact) mass is 303 g/mol. The Morgan fingerprint density at radius 1 is 1.59 bits per heavy atom. The van der Waals surface area contributed by atoms with E-state index in [1.54, 1.807) is 6.26 Å². The number of nitrogens with zero attached hydrogens (tertiary/aromatic N) is 2. The number of hydrogen-bond donors (Lipinski definition) is 1. The number of carbonyl (C=O) groups is 1. The van der Waals surface area contributed by atoms with Crippen molar-refractivity contribution in [1.82, 2.24) is 15.4 Å². The molecule has 22 heavy (non-hydrogen) atoms. The van der Waals surface area contributed by atoms with Crippen molar-refractivity contribution in [1.29, 1.82) is 0 Å². The highest BCUT2D eigenvalue weighted by molar-refractivity contribution is 5.78. The average molecular weight is 303 g/mol. The van der Waals surface area contributed by atoms with Crippen molar-refractivity contribution in [3.63, 3.8) is 0 Å². The van der Waals surface area contributed by atoms with Crippen LogP contribution in [-0.2, 0) is 4.79 Å². The zero-order valence-corrected chi connectivity index (χ0v) is 12.9. The Bertz CT molecular complexity index is 620.